The first kappa shape index (κ1) is 24.4. The minimum Gasteiger partial charge on any atom is -1.00 e. The van der Waals surface area contributed by atoms with Crippen LogP contribution in [0.5, 0.6) is 0 Å². The number of nitrogens with one attached hydrogen (secondary N) is 1. The zero-order chi connectivity index (χ0) is 19.3. The predicted molar refractivity (Wildman–Crippen MR) is 97.7 cm³/mol. The molecule has 7 nitrogen and oxygen atoms in total. The number of fused-ring (bicyclic) bond motifs is 1. The largest absolute Gasteiger partial charge is 1.00 e. The van der Waals surface area contributed by atoms with E-state index in [1.54, 1.807) is 18.7 Å². The van der Waals surface area contributed by atoms with Gasteiger partial charge >= 0.3 is 41.5 Å². The zero-order valence-electron chi connectivity index (χ0n) is 18.1. The summed E-state index contributed by atoms with van der Waals surface area (Å²) in [4.78, 5) is 38.5. The van der Waals surface area contributed by atoms with Crippen LogP contribution >= 0.6 is 0 Å². The molecule has 2 N–H and O–H groups in total. The van der Waals surface area contributed by atoms with Gasteiger partial charge in [-0.3, -0.25) is 14.9 Å². The number of hydrogen-bond acceptors (Lipinski definition) is 5. The monoisotopic (exact) mass is 392 g/mol. The number of carboxylic acids is 1. The third-order valence-electron chi connectivity index (χ3n) is 5.60. The molecule has 1 heterocycles. The fourth-order valence-corrected chi connectivity index (χ4v) is 4.39. The maximum absolute atomic E-state index is 13.1. The Balaban J connectivity index is 0.00000364. The van der Waals surface area contributed by atoms with Gasteiger partial charge in [-0.1, -0.05) is 26.2 Å². The molecule has 0 aromatic carbocycles. The number of ether oxygens (including phenoxy) is 1. The summed E-state index contributed by atoms with van der Waals surface area (Å²) in [6.07, 6.45) is 5.87. The van der Waals surface area contributed by atoms with Gasteiger partial charge in [0.05, 0.1) is 12.6 Å². The van der Waals surface area contributed by atoms with Gasteiger partial charge in [-0.2, -0.15) is 0 Å². The van der Waals surface area contributed by atoms with Crippen LogP contribution in [-0.4, -0.2) is 58.6 Å². The molecule has 0 bridgehead atoms. The van der Waals surface area contributed by atoms with Crippen molar-refractivity contribution in [1.82, 2.24) is 10.2 Å². The molecule has 8 heteroatoms. The van der Waals surface area contributed by atoms with Crippen molar-refractivity contribution in [3.63, 3.8) is 0 Å². The molecule has 2 aliphatic rings. The van der Waals surface area contributed by atoms with Crippen molar-refractivity contribution in [3.05, 3.63) is 0 Å². The molecule has 5 atom stereocenters. The van der Waals surface area contributed by atoms with Crippen LogP contribution in [0.15, 0.2) is 0 Å². The number of esters is 1. The fourth-order valence-electron chi connectivity index (χ4n) is 4.39. The average molecular weight is 392 g/mol. The normalized spacial score (nSPS) is 26.5. The van der Waals surface area contributed by atoms with Crippen molar-refractivity contribution in [1.29, 1.82) is 0 Å². The van der Waals surface area contributed by atoms with E-state index in [1.165, 1.54) is 0 Å². The predicted octanol–water partition coefficient (Wildman–Crippen LogP) is -0.943. The minimum atomic E-state index is -0.935. The second-order valence-electron chi connectivity index (χ2n) is 7.43. The van der Waals surface area contributed by atoms with Crippen molar-refractivity contribution >= 4 is 17.8 Å². The molecule has 0 aromatic rings. The van der Waals surface area contributed by atoms with Gasteiger partial charge in [0.25, 0.3) is 0 Å². The van der Waals surface area contributed by atoms with Crippen molar-refractivity contribution in [3.8, 4) is 0 Å². The van der Waals surface area contributed by atoms with Crippen LogP contribution in [0.3, 0.4) is 0 Å². The van der Waals surface area contributed by atoms with Crippen molar-refractivity contribution in [2.24, 2.45) is 5.92 Å². The van der Waals surface area contributed by atoms with Crippen LogP contribution in [0.25, 0.3) is 0 Å². The van der Waals surface area contributed by atoms with Crippen LogP contribution in [0.1, 0.15) is 67.1 Å². The van der Waals surface area contributed by atoms with Crippen LogP contribution in [0, 0.1) is 5.92 Å². The van der Waals surface area contributed by atoms with Gasteiger partial charge in [0.15, 0.2) is 0 Å². The van der Waals surface area contributed by atoms with Crippen LogP contribution < -0.4 is 34.9 Å². The second kappa shape index (κ2) is 11.4. The number of rotatable bonds is 8. The van der Waals surface area contributed by atoms with E-state index in [1.807, 2.05) is 6.92 Å². The molecule has 1 aliphatic carbocycles. The standard InChI is InChI=1S/C19H32N2O5.Na.H/c1-4-8-14(19(25)26-5-2)20-12(3)17(22)21-15-10-7-6-9-13(15)11-16(21)18(23)24;;/h12-16,20H,4-11H2,1-3H3,(H,23,24);;/q;+1;-1/t12-,13-,14-,15-,16-;;/m0../s1. The molecular weight excluding hydrogens is 359 g/mol. The number of hydrogen-bond donors (Lipinski definition) is 2. The van der Waals surface area contributed by atoms with Gasteiger partial charge in [-0.25, -0.2) is 4.79 Å². The van der Waals surface area contributed by atoms with Gasteiger partial charge < -0.3 is 16.2 Å². The molecule has 1 saturated heterocycles. The van der Waals surface area contributed by atoms with E-state index in [-0.39, 0.29) is 54.8 Å². The quantitative estimate of drug-likeness (QED) is 0.409. The molecule has 2 rings (SSSR count). The number of amides is 1. The molecule has 0 spiro atoms. The number of carboxylic acid groups (broad SMARTS) is 1. The van der Waals surface area contributed by atoms with E-state index in [0.29, 0.717) is 19.4 Å². The molecule has 27 heavy (non-hydrogen) atoms. The van der Waals surface area contributed by atoms with E-state index < -0.39 is 24.1 Å². The summed E-state index contributed by atoms with van der Waals surface area (Å²) in [5.41, 5.74) is 0. The Morgan fingerprint density at radius 2 is 1.93 bits per heavy atom. The molecule has 0 unspecified atom stereocenters. The van der Waals surface area contributed by atoms with Gasteiger partial charge in [0, 0.05) is 6.04 Å². The summed E-state index contributed by atoms with van der Waals surface area (Å²) in [5, 5.41) is 12.7. The SMILES string of the molecule is CCC[C@H](N[C@@H](C)C(=O)N1[C@H](C(=O)O)C[C@@H]2CCCC[C@@H]21)C(=O)OCC.[H-].[Na+]. The van der Waals surface area contributed by atoms with Crippen molar-refractivity contribution in [2.75, 3.05) is 6.61 Å². The number of likely N-dealkylation sites (tertiary alicyclic amines) is 1. The Hall–Kier alpha value is -0.630. The summed E-state index contributed by atoms with van der Waals surface area (Å²) < 4.78 is 5.09. The number of carbonyl (C=O) groups is 3. The summed E-state index contributed by atoms with van der Waals surface area (Å²) in [6, 6.07) is -1.92. The Bertz CT molecular complexity index is 536. The first-order valence-corrected chi connectivity index (χ1v) is 9.88. The van der Waals surface area contributed by atoms with E-state index in [9.17, 15) is 19.5 Å². The third kappa shape index (κ3) is 5.92. The topological polar surface area (TPSA) is 95.9 Å². The van der Waals surface area contributed by atoms with Gasteiger partial charge in [0.2, 0.25) is 5.91 Å². The van der Waals surface area contributed by atoms with Gasteiger partial charge in [-0.05, 0) is 45.4 Å². The maximum Gasteiger partial charge on any atom is 1.00 e. The molecule has 150 valence electrons. The number of carbonyl (C=O) groups excluding carboxylic acids is 2. The number of nitrogens with zero attached hydrogens (tertiary/aromatic N) is 1. The molecule has 1 amide bonds. The summed E-state index contributed by atoms with van der Waals surface area (Å²) >= 11 is 0. The fraction of sp³-hybridized carbons (Fsp3) is 0.842. The average Bonchev–Trinajstić information content (AvgIpc) is 3.00. The molecular formula is C19H33N2NaO5. The van der Waals surface area contributed by atoms with E-state index in [4.69, 9.17) is 4.74 Å². The molecule has 0 radical (unpaired) electrons. The summed E-state index contributed by atoms with van der Waals surface area (Å²) in [6.45, 7) is 5.72. The Kier molecular flexibility index (Phi) is 10.3. The first-order chi connectivity index (χ1) is 12.4. The van der Waals surface area contributed by atoms with Crippen LogP contribution in [0.4, 0.5) is 0 Å². The van der Waals surface area contributed by atoms with Gasteiger partial charge in [0.1, 0.15) is 12.1 Å². The zero-order valence-corrected chi connectivity index (χ0v) is 19.1. The Morgan fingerprint density at radius 3 is 2.52 bits per heavy atom. The van der Waals surface area contributed by atoms with Crippen molar-refractivity contribution < 1.29 is 55.2 Å². The van der Waals surface area contributed by atoms with Crippen molar-refractivity contribution in [2.45, 2.75) is 89.9 Å². The Labute approximate surface area is 185 Å². The maximum atomic E-state index is 13.1. The van der Waals surface area contributed by atoms with E-state index in [0.717, 1.165) is 32.1 Å². The molecule has 1 aliphatic heterocycles. The van der Waals surface area contributed by atoms with Gasteiger partial charge in [-0.15, -0.1) is 0 Å². The van der Waals surface area contributed by atoms with E-state index >= 15 is 0 Å². The minimum absolute atomic E-state index is 0. The molecule has 1 saturated carbocycles. The second-order valence-corrected chi connectivity index (χ2v) is 7.43. The Morgan fingerprint density at radius 1 is 1.26 bits per heavy atom. The smallest absolute Gasteiger partial charge is 1.00 e. The molecule has 0 aromatic heterocycles. The van der Waals surface area contributed by atoms with E-state index in [2.05, 4.69) is 5.32 Å². The van der Waals surface area contributed by atoms with Crippen LogP contribution in [-0.2, 0) is 19.1 Å². The van der Waals surface area contributed by atoms with Crippen LogP contribution in [0.2, 0.25) is 0 Å². The first-order valence-electron chi connectivity index (χ1n) is 9.88. The summed E-state index contributed by atoms with van der Waals surface area (Å²) in [7, 11) is 0. The number of aliphatic carboxylic acids is 1. The third-order valence-corrected chi connectivity index (χ3v) is 5.60. The summed E-state index contributed by atoms with van der Waals surface area (Å²) in [5.74, 6) is -1.24. The molecule has 2 fully saturated rings.